The van der Waals surface area contributed by atoms with E-state index in [2.05, 4.69) is 16.5 Å². The van der Waals surface area contributed by atoms with Gasteiger partial charge in [-0.1, -0.05) is 60.1 Å². The molecule has 1 aromatic heterocycles. The van der Waals surface area contributed by atoms with Gasteiger partial charge >= 0.3 is 0 Å². The summed E-state index contributed by atoms with van der Waals surface area (Å²) >= 11 is 6.46. The first-order valence-electron chi connectivity index (χ1n) is 9.76. The number of hydrogen-bond acceptors (Lipinski definition) is 3. The molecule has 0 saturated carbocycles. The molecule has 0 aliphatic rings. The Morgan fingerprint density at radius 3 is 2.48 bits per heavy atom. The van der Waals surface area contributed by atoms with E-state index >= 15 is 0 Å². The Hall–Kier alpha value is -3.88. The molecule has 3 aromatic carbocycles. The minimum Gasteiger partial charge on any atom is -0.322 e. The molecule has 4 aromatic rings. The molecule has 0 aliphatic carbocycles. The van der Waals surface area contributed by atoms with E-state index in [1.807, 2.05) is 59.4 Å². The lowest BCUT2D eigenvalue weighted by atomic mass is 9.92. The lowest BCUT2D eigenvalue weighted by Crippen LogP contribution is -2.12. The molecule has 1 atom stereocenters. The number of nitrogens with one attached hydrogen (secondary N) is 1. The van der Waals surface area contributed by atoms with Gasteiger partial charge in [-0.3, -0.25) is 9.48 Å². The van der Waals surface area contributed by atoms with Crippen molar-refractivity contribution in [2.24, 2.45) is 0 Å². The number of nitrogens with zero attached hydrogens (tertiary/aromatic N) is 3. The highest BCUT2D eigenvalue weighted by molar-refractivity contribution is 6.32. The standard InChI is InChI=1S/C25H19ClN4O/c26-24-15-21(11-12-22(24)23(16-27)19-5-2-1-3-6-19)29-25(31)20-9-7-18(8-10-20)17-30-14-4-13-28-30/h1-15,23H,17H2,(H,29,31). The predicted molar refractivity (Wildman–Crippen MR) is 121 cm³/mol. The fourth-order valence-electron chi connectivity index (χ4n) is 3.35. The number of carbonyl (C=O) groups excluding carboxylic acids is 1. The molecule has 4 rings (SSSR count). The fourth-order valence-corrected chi connectivity index (χ4v) is 3.64. The molecular weight excluding hydrogens is 408 g/mol. The third-order valence-electron chi connectivity index (χ3n) is 4.95. The summed E-state index contributed by atoms with van der Waals surface area (Å²) < 4.78 is 1.82. The number of nitriles is 1. The van der Waals surface area contributed by atoms with Crippen molar-refractivity contribution in [3.8, 4) is 6.07 Å². The second-order valence-corrected chi connectivity index (χ2v) is 7.47. The van der Waals surface area contributed by atoms with Gasteiger partial charge in [0.2, 0.25) is 0 Å². The zero-order valence-electron chi connectivity index (χ0n) is 16.6. The van der Waals surface area contributed by atoms with Crippen molar-refractivity contribution in [3.05, 3.63) is 119 Å². The van der Waals surface area contributed by atoms with E-state index in [4.69, 9.17) is 11.6 Å². The molecule has 1 heterocycles. The number of benzene rings is 3. The Morgan fingerprint density at radius 1 is 1.06 bits per heavy atom. The predicted octanol–water partition coefficient (Wildman–Crippen LogP) is 5.49. The minimum absolute atomic E-state index is 0.227. The maximum Gasteiger partial charge on any atom is 0.255 e. The maximum atomic E-state index is 12.6. The average Bonchev–Trinajstić information content (AvgIpc) is 3.30. The zero-order chi connectivity index (χ0) is 21.6. The molecule has 1 unspecified atom stereocenters. The van der Waals surface area contributed by atoms with Crippen LogP contribution < -0.4 is 5.32 Å². The molecule has 0 fully saturated rings. The van der Waals surface area contributed by atoms with Crippen LogP contribution in [0.2, 0.25) is 5.02 Å². The van der Waals surface area contributed by atoms with Crippen LogP contribution in [0.5, 0.6) is 0 Å². The number of halogens is 1. The lowest BCUT2D eigenvalue weighted by Gasteiger charge is -2.13. The highest BCUT2D eigenvalue weighted by Gasteiger charge is 2.17. The van der Waals surface area contributed by atoms with Gasteiger partial charge in [-0.05, 0) is 47.0 Å². The monoisotopic (exact) mass is 426 g/mol. The molecule has 31 heavy (non-hydrogen) atoms. The van der Waals surface area contributed by atoms with E-state index in [0.29, 0.717) is 28.4 Å². The van der Waals surface area contributed by atoms with Gasteiger partial charge in [0, 0.05) is 28.7 Å². The van der Waals surface area contributed by atoms with Crippen LogP contribution in [0.3, 0.4) is 0 Å². The Balaban J connectivity index is 1.46. The third-order valence-corrected chi connectivity index (χ3v) is 5.28. The highest BCUT2D eigenvalue weighted by Crippen LogP contribution is 2.32. The van der Waals surface area contributed by atoms with Gasteiger partial charge in [0.25, 0.3) is 5.91 Å². The number of anilines is 1. The SMILES string of the molecule is N#CC(c1ccccc1)c1ccc(NC(=O)c2ccc(Cn3cccn3)cc2)cc1Cl. The van der Waals surface area contributed by atoms with Crippen molar-refractivity contribution in [2.75, 3.05) is 5.32 Å². The number of rotatable bonds is 6. The molecule has 0 saturated heterocycles. The van der Waals surface area contributed by atoms with Crippen molar-refractivity contribution < 1.29 is 4.79 Å². The molecule has 0 radical (unpaired) electrons. The normalized spacial score (nSPS) is 11.5. The van der Waals surface area contributed by atoms with Crippen LogP contribution in [-0.2, 0) is 6.54 Å². The van der Waals surface area contributed by atoms with E-state index in [1.54, 1.807) is 36.5 Å². The topological polar surface area (TPSA) is 70.7 Å². The molecule has 6 heteroatoms. The summed E-state index contributed by atoms with van der Waals surface area (Å²) in [5.41, 5.74) is 3.75. The highest BCUT2D eigenvalue weighted by atomic mass is 35.5. The van der Waals surface area contributed by atoms with Crippen LogP contribution in [0, 0.1) is 11.3 Å². The first kappa shape index (κ1) is 20.4. The third kappa shape index (κ3) is 4.82. The second kappa shape index (κ2) is 9.29. The largest absolute Gasteiger partial charge is 0.322 e. The Morgan fingerprint density at radius 2 is 1.84 bits per heavy atom. The number of hydrogen-bond donors (Lipinski definition) is 1. The molecule has 0 aliphatic heterocycles. The summed E-state index contributed by atoms with van der Waals surface area (Å²) in [6.07, 6.45) is 3.62. The van der Waals surface area contributed by atoms with E-state index < -0.39 is 5.92 Å². The second-order valence-electron chi connectivity index (χ2n) is 7.06. The first-order valence-corrected chi connectivity index (χ1v) is 10.1. The van der Waals surface area contributed by atoms with Gasteiger partial charge in [0.15, 0.2) is 0 Å². The van der Waals surface area contributed by atoms with Crippen LogP contribution in [0.1, 0.15) is 33.0 Å². The average molecular weight is 427 g/mol. The first-order chi connectivity index (χ1) is 15.1. The summed E-state index contributed by atoms with van der Waals surface area (Å²) in [4.78, 5) is 12.6. The van der Waals surface area contributed by atoms with Crippen LogP contribution in [0.4, 0.5) is 5.69 Å². The van der Waals surface area contributed by atoms with Crippen molar-refractivity contribution >= 4 is 23.2 Å². The minimum atomic E-state index is -0.471. The van der Waals surface area contributed by atoms with Gasteiger partial charge in [-0.2, -0.15) is 10.4 Å². The van der Waals surface area contributed by atoms with Gasteiger partial charge in [0.1, 0.15) is 0 Å². The van der Waals surface area contributed by atoms with Gasteiger partial charge in [-0.25, -0.2) is 0 Å². The summed E-state index contributed by atoms with van der Waals surface area (Å²) in [5, 5.41) is 17.1. The summed E-state index contributed by atoms with van der Waals surface area (Å²) in [6.45, 7) is 0.646. The van der Waals surface area contributed by atoms with Crippen LogP contribution in [-0.4, -0.2) is 15.7 Å². The molecule has 5 nitrogen and oxygen atoms in total. The van der Waals surface area contributed by atoms with Gasteiger partial charge < -0.3 is 5.32 Å². The number of aromatic nitrogens is 2. The van der Waals surface area contributed by atoms with Crippen molar-refractivity contribution in [1.29, 1.82) is 5.26 Å². The molecule has 152 valence electrons. The molecule has 1 amide bonds. The van der Waals surface area contributed by atoms with E-state index in [1.165, 1.54) is 0 Å². The van der Waals surface area contributed by atoms with Crippen molar-refractivity contribution in [1.82, 2.24) is 9.78 Å². The smallest absolute Gasteiger partial charge is 0.255 e. The fraction of sp³-hybridized carbons (Fsp3) is 0.0800. The summed E-state index contributed by atoms with van der Waals surface area (Å²) in [7, 11) is 0. The molecule has 0 spiro atoms. The quantitative estimate of drug-likeness (QED) is 0.443. The van der Waals surface area contributed by atoms with Crippen LogP contribution >= 0.6 is 11.6 Å². The van der Waals surface area contributed by atoms with Crippen molar-refractivity contribution in [2.45, 2.75) is 12.5 Å². The van der Waals surface area contributed by atoms with Crippen LogP contribution in [0.25, 0.3) is 0 Å². The van der Waals surface area contributed by atoms with E-state index in [9.17, 15) is 10.1 Å². The van der Waals surface area contributed by atoms with Crippen LogP contribution in [0.15, 0.2) is 91.3 Å². The van der Waals surface area contributed by atoms with Gasteiger partial charge in [-0.15, -0.1) is 0 Å². The van der Waals surface area contributed by atoms with Gasteiger partial charge in [0.05, 0.1) is 18.5 Å². The summed E-state index contributed by atoms with van der Waals surface area (Å²) in [6, 6.07) is 26.3. The Kier molecular flexibility index (Phi) is 6.11. The lowest BCUT2D eigenvalue weighted by molar-refractivity contribution is 0.102. The van der Waals surface area contributed by atoms with E-state index in [-0.39, 0.29) is 5.91 Å². The van der Waals surface area contributed by atoms with E-state index in [0.717, 1.165) is 11.1 Å². The Labute approximate surface area is 185 Å². The number of carbonyl (C=O) groups is 1. The summed E-state index contributed by atoms with van der Waals surface area (Å²) in [5.74, 6) is -0.699. The van der Waals surface area contributed by atoms with Crippen molar-refractivity contribution in [3.63, 3.8) is 0 Å². The number of amides is 1. The Bertz CT molecular complexity index is 1210. The maximum absolute atomic E-state index is 12.6. The zero-order valence-corrected chi connectivity index (χ0v) is 17.3. The molecule has 1 N–H and O–H groups in total. The molecular formula is C25H19ClN4O. The molecule has 0 bridgehead atoms.